The van der Waals surface area contributed by atoms with Crippen LogP contribution in [-0.2, 0) is 0 Å². The number of furan rings is 1. The number of halogens is 1. The Labute approximate surface area is 103 Å². The number of hydrazine groups is 1. The Kier molecular flexibility index (Phi) is 3.43. The number of nitrogens with one attached hydrogen (secondary N) is 1. The number of benzene rings is 1. The van der Waals surface area contributed by atoms with E-state index < -0.39 is 0 Å². The summed E-state index contributed by atoms with van der Waals surface area (Å²) < 4.78 is 6.20. The zero-order chi connectivity index (χ0) is 11.5. The van der Waals surface area contributed by atoms with Gasteiger partial charge in [-0.3, -0.25) is 5.84 Å². The molecule has 0 saturated heterocycles. The van der Waals surface area contributed by atoms with Crippen molar-refractivity contribution in [2.24, 2.45) is 5.84 Å². The van der Waals surface area contributed by atoms with Gasteiger partial charge in [0.15, 0.2) is 4.67 Å². The molecule has 3 nitrogen and oxygen atoms in total. The zero-order valence-corrected chi connectivity index (χ0v) is 10.5. The van der Waals surface area contributed by atoms with E-state index in [0.29, 0.717) is 4.67 Å². The summed E-state index contributed by atoms with van der Waals surface area (Å²) in [4.78, 5) is 0. The molecule has 0 fully saturated rings. The average molecular weight is 281 g/mol. The second-order valence-electron chi connectivity index (χ2n) is 3.65. The van der Waals surface area contributed by atoms with Crippen molar-refractivity contribution in [2.45, 2.75) is 13.0 Å². The Morgan fingerprint density at radius 1 is 1.19 bits per heavy atom. The molecule has 0 aliphatic heterocycles. The Balaban J connectivity index is 2.32. The van der Waals surface area contributed by atoms with E-state index in [0.717, 1.165) is 11.3 Å². The molecule has 1 aromatic heterocycles. The van der Waals surface area contributed by atoms with Crippen molar-refractivity contribution in [1.82, 2.24) is 5.43 Å². The first kappa shape index (κ1) is 11.4. The average Bonchev–Trinajstić information content (AvgIpc) is 2.69. The molecule has 0 spiro atoms. The molecule has 1 aromatic carbocycles. The number of rotatable bonds is 3. The van der Waals surface area contributed by atoms with Gasteiger partial charge in [0, 0.05) is 0 Å². The molecule has 0 aliphatic carbocycles. The monoisotopic (exact) mass is 280 g/mol. The van der Waals surface area contributed by atoms with E-state index >= 15 is 0 Å². The predicted molar refractivity (Wildman–Crippen MR) is 66.8 cm³/mol. The van der Waals surface area contributed by atoms with Gasteiger partial charge in [-0.15, -0.1) is 0 Å². The molecule has 0 saturated carbocycles. The predicted octanol–water partition coefficient (Wildman–Crippen LogP) is 2.90. The quantitative estimate of drug-likeness (QED) is 0.672. The van der Waals surface area contributed by atoms with Gasteiger partial charge >= 0.3 is 0 Å². The second kappa shape index (κ2) is 4.82. The van der Waals surface area contributed by atoms with Gasteiger partial charge in [0.2, 0.25) is 0 Å². The van der Waals surface area contributed by atoms with Crippen LogP contribution in [0.25, 0.3) is 0 Å². The smallest absolute Gasteiger partial charge is 0.169 e. The molecule has 2 rings (SSSR count). The fraction of sp³-hybridized carbons (Fsp3) is 0.167. The Hall–Kier alpha value is -1.10. The summed E-state index contributed by atoms with van der Waals surface area (Å²) >= 11 is 3.28. The van der Waals surface area contributed by atoms with Crippen molar-refractivity contribution < 1.29 is 4.42 Å². The molecular weight excluding hydrogens is 268 g/mol. The van der Waals surface area contributed by atoms with E-state index in [4.69, 9.17) is 10.3 Å². The molecule has 0 amide bonds. The summed E-state index contributed by atoms with van der Waals surface area (Å²) in [7, 11) is 0. The maximum atomic E-state index is 5.56. The Morgan fingerprint density at radius 2 is 1.88 bits per heavy atom. The van der Waals surface area contributed by atoms with Crippen LogP contribution in [0.4, 0.5) is 0 Å². The minimum Gasteiger partial charge on any atom is -0.452 e. The van der Waals surface area contributed by atoms with Crippen LogP contribution in [0.3, 0.4) is 0 Å². The summed E-state index contributed by atoms with van der Waals surface area (Å²) in [6.45, 7) is 2.05. The van der Waals surface area contributed by atoms with Gasteiger partial charge in [-0.2, -0.15) is 0 Å². The summed E-state index contributed by atoms with van der Waals surface area (Å²) in [5, 5.41) is 0. The maximum Gasteiger partial charge on any atom is 0.169 e. The lowest BCUT2D eigenvalue weighted by atomic mass is 10.0. The highest BCUT2D eigenvalue weighted by atomic mass is 79.9. The van der Waals surface area contributed by atoms with Crippen LogP contribution in [0.15, 0.2) is 45.5 Å². The van der Waals surface area contributed by atoms with Gasteiger partial charge in [0.1, 0.15) is 11.8 Å². The highest BCUT2D eigenvalue weighted by Gasteiger charge is 2.15. The fourth-order valence-corrected chi connectivity index (χ4v) is 1.90. The van der Waals surface area contributed by atoms with Crippen LogP contribution in [0.5, 0.6) is 0 Å². The second-order valence-corrected chi connectivity index (χ2v) is 4.43. The topological polar surface area (TPSA) is 51.2 Å². The number of nitrogens with two attached hydrogens (primary N) is 1. The van der Waals surface area contributed by atoms with Crippen LogP contribution in [-0.4, -0.2) is 0 Å². The molecule has 4 heteroatoms. The highest BCUT2D eigenvalue weighted by molar-refractivity contribution is 9.10. The van der Waals surface area contributed by atoms with E-state index in [9.17, 15) is 0 Å². The van der Waals surface area contributed by atoms with Crippen LogP contribution in [0.1, 0.15) is 22.9 Å². The minimum atomic E-state index is -0.119. The van der Waals surface area contributed by atoms with Crippen molar-refractivity contribution in [3.8, 4) is 0 Å². The molecular formula is C12H13BrN2O. The lowest BCUT2D eigenvalue weighted by Crippen LogP contribution is -2.28. The first-order valence-electron chi connectivity index (χ1n) is 4.98. The minimum absolute atomic E-state index is 0.119. The molecule has 3 N–H and O–H groups in total. The molecule has 1 atom stereocenters. The first-order chi connectivity index (χ1) is 7.70. The van der Waals surface area contributed by atoms with Crippen molar-refractivity contribution in [3.63, 3.8) is 0 Å². The Morgan fingerprint density at radius 3 is 2.38 bits per heavy atom. The number of hydrogen-bond acceptors (Lipinski definition) is 3. The van der Waals surface area contributed by atoms with Crippen molar-refractivity contribution in [2.75, 3.05) is 0 Å². The van der Waals surface area contributed by atoms with Gasteiger partial charge in [-0.05, 0) is 40.5 Å². The van der Waals surface area contributed by atoms with Crippen molar-refractivity contribution >= 4 is 15.9 Å². The first-order valence-corrected chi connectivity index (χ1v) is 5.78. The molecule has 16 heavy (non-hydrogen) atoms. The van der Waals surface area contributed by atoms with E-state index in [1.54, 1.807) is 0 Å². The SMILES string of the molecule is Cc1ccc(C(NN)c2ccc(Br)o2)cc1. The lowest BCUT2D eigenvalue weighted by Gasteiger charge is -2.13. The zero-order valence-electron chi connectivity index (χ0n) is 8.91. The normalized spacial score (nSPS) is 12.7. The highest BCUT2D eigenvalue weighted by Crippen LogP contribution is 2.25. The largest absolute Gasteiger partial charge is 0.452 e. The number of aryl methyl sites for hydroxylation is 1. The molecule has 0 bridgehead atoms. The maximum absolute atomic E-state index is 5.56. The molecule has 2 aromatic rings. The van der Waals surface area contributed by atoms with Gasteiger partial charge in [-0.1, -0.05) is 29.8 Å². The molecule has 0 radical (unpaired) electrons. The third-order valence-corrected chi connectivity index (χ3v) is 2.88. The van der Waals surface area contributed by atoms with E-state index in [1.165, 1.54) is 5.56 Å². The van der Waals surface area contributed by atoms with Gasteiger partial charge < -0.3 is 4.42 Å². The summed E-state index contributed by atoms with van der Waals surface area (Å²) in [5.41, 5.74) is 5.05. The summed E-state index contributed by atoms with van der Waals surface area (Å²) in [6.07, 6.45) is 0. The van der Waals surface area contributed by atoms with Crippen molar-refractivity contribution in [1.29, 1.82) is 0 Å². The summed E-state index contributed by atoms with van der Waals surface area (Å²) in [6, 6.07) is 11.8. The van der Waals surface area contributed by atoms with Gasteiger partial charge in [0.25, 0.3) is 0 Å². The van der Waals surface area contributed by atoms with Crippen LogP contribution in [0.2, 0.25) is 0 Å². The standard InChI is InChI=1S/C12H13BrN2O/c1-8-2-4-9(5-3-8)12(15-14)10-6-7-11(13)16-10/h2-7,12,15H,14H2,1H3. The third-order valence-electron chi connectivity index (χ3n) is 2.46. The molecule has 1 heterocycles. The van der Waals surface area contributed by atoms with Crippen molar-refractivity contribution in [3.05, 3.63) is 58.0 Å². The van der Waals surface area contributed by atoms with Gasteiger partial charge in [0.05, 0.1) is 0 Å². The molecule has 0 aliphatic rings. The Bertz CT molecular complexity index is 464. The third kappa shape index (κ3) is 2.35. The van der Waals surface area contributed by atoms with Crippen LogP contribution < -0.4 is 11.3 Å². The number of hydrogen-bond donors (Lipinski definition) is 2. The molecule has 1 unspecified atom stereocenters. The van der Waals surface area contributed by atoms with Gasteiger partial charge in [-0.25, -0.2) is 5.43 Å². The van der Waals surface area contributed by atoms with E-state index in [1.807, 2.05) is 24.3 Å². The van der Waals surface area contributed by atoms with E-state index in [2.05, 4.69) is 40.4 Å². The lowest BCUT2D eigenvalue weighted by molar-refractivity contribution is 0.437. The fourth-order valence-electron chi connectivity index (χ4n) is 1.58. The van der Waals surface area contributed by atoms with E-state index in [-0.39, 0.29) is 6.04 Å². The van der Waals surface area contributed by atoms with Crippen LogP contribution in [0, 0.1) is 6.92 Å². The summed E-state index contributed by atoms with van der Waals surface area (Å²) in [5.74, 6) is 6.35. The molecule has 84 valence electrons. The van der Waals surface area contributed by atoms with Crippen LogP contribution >= 0.6 is 15.9 Å².